The van der Waals surface area contributed by atoms with Gasteiger partial charge in [-0.3, -0.25) is 10.2 Å². The molecule has 1 fully saturated rings. The summed E-state index contributed by atoms with van der Waals surface area (Å²) in [5.41, 5.74) is 6.42. The Balaban J connectivity index is 1.69. The van der Waals surface area contributed by atoms with E-state index in [1.165, 1.54) is 30.4 Å². The first-order valence-corrected chi connectivity index (χ1v) is 7.21. The predicted octanol–water partition coefficient (Wildman–Crippen LogP) is 1.46. The first-order chi connectivity index (χ1) is 9.33. The van der Waals surface area contributed by atoms with Crippen molar-refractivity contribution < 1.29 is 4.79 Å². The van der Waals surface area contributed by atoms with Crippen LogP contribution in [0.1, 0.15) is 40.7 Å². The predicted molar refractivity (Wildman–Crippen MR) is 74.7 cm³/mol. The van der Waals surface area contributed by atoms with E-state index in [0.29, 0.717) is 0 Å². The van der Waals surface area contributed by atoms with Crippen LogP contribution in [0, 0.1) is 0 Å². The SMILES string of the molecule is O=C(NN1CCCCC1)c1ccc2c(c1)CNCC2. The van der Waals surface area contributed by atoms with Crippen LogP contribution in [0.15, 0.2) is 18.2 Å². The van der Waals surface area contributed by atoms with Crippen LogP contribution in [0.3, 0.4) is 0 Å². The fourth-order valence-electron chi connectivity index (χ4n) is 2.84. The van der Waals surface area contributed by atoms with Crippen LogP contribution >= 0.6 is 0 Å². The van der Waals surface area contributed by atoms with Crippen molar-refractivity contribution in [2.75, 3.05) is 19.6 Å². The molecule has 2 aliphatic heterocycles. The van der Waals surface area contributed by atoms with Gasteiger partial charge in [-0.1, -0.05) is 12.5 Å². The second kappa shape index (κ2) is 5.72. The summed E-state index contributed by atoms with van der Waals surface area (Å²) in [7, 11) is 0. The van der Waals surface area contributed by atoms with Crippen molar-refractivity contribution >= 4 is 5.91 Å². The quantitative estimate of drug-likeness (QED) is 0.845. The zero-order valence-electron chi connectivity index (χ0n) is 11.2. The van der Waals surface area contributed by atoms with Gasteiger partial charge in [0, 0.05) is 25.2 Å². The summed E-state index contributed by atoms with van der Waals surface area (Å²) < 4.78 is 0. The molecule has 4 heteroatoms. The number of hydrazine groups is 1. The molecule has 0 aliphatic carbocycles. The molecule has 0 radical (unpaired) electrons. The molecule has 102 valence electrons. The van der Waals surface area contributed by atoms with Gasteiger partial charge in [0.2, 0.25) is 0 Å². The van der Waals surface area contributed by atoms with Crippen LogP contribution in [-0.2, 0) is 13.0 Å². The summed E-state index contributed by atoms with van der Waals surface area (Å²) >= 11 is 0. The number of nitrogens with one attached hydrogen (secondary N) is 2. The van der Waals surface area contributed by atoms with Gasteiger partial charge >= 0.3 is 0 Å². The molecule has 1 aromatic carbocycles. The monoisotopic (exact) mass is 259 g/mol. The number of carbonyl (C=O) groups excluding carboxylic acids is 1. The molecule has 0 bridgehead atoms. The summed E-state index contributed by atoms with van der Waals surface area (Å²) in [6.07, 6.45) is 4.68. The molecular formula is C15H21N3O. The number of piperidine rings is 1. The smallest absolute Gasteiger partial charge is 0.265 e. The topological polar surface area (TPSA) is 44.4 Å². The van der Waals surface area contributed by atoms with Gasteiger partial charge in [0.1, 0.15) is 0 Å². The maximum atomic E-state index is 12.2. The molecule has 0 unspecified atom stereocenters. The summed E-state index contributed by atoms with van der Waals surface area (Å²) in [4.78, 5) is 12.2. The van der Waals surface area contributed by atoms with E-state index in [4.69, 9.17) is 0 Å². The number of nitrogens with zero attached hydrogens (tertiary/aromatic N) is 1. The maximum Gasteiger partial charge on any atom is 0.265 e. The molecule has 0 saturated carbocycles. The van der Waals surface area contributed by atoms with E-state index in [0.717, 1.165) is 38.2 Å². The van der Waals surface area contributed by atoms with Crippen molar-refractivity contribution in [3.05, 3.63) is 34.9 Å². The average molecular weight is 259 g/mol. The zero-order valence-corrected chi connectivity index (χ0v) is 11.2. The lowest BCUT2D eigenvalue weighted by Gasteiger charge is -2.27. The number of hydrogen-bond donors (Lipinski definition) is 2. The Bertz CT molecular complexity index is 466. The molecule has 1 saturated heterocycles. The first-order valence-electron chi connectivity index (χ1n) is 7.21. The van der Waals surface area contributed by atoms with Crippen LogP contribution < -0.4 is 10.7 Å². The molecule has 1 amide bonds. The summed E-state index contributed by atoms with van der Waals surface area (Å²) in [5, 5.41) is 5.39. The van der Waals surface area contributed by atoms with E-state index >= 15 is 0 Å². The van der Waals surface area contributed by atoms with Crippen molar-refractivity contribution in [1.29, 1.82) is 0 Å². The van der Waals surface area contributed by atoms with Gasteiger partial charge in [-0.2, -0.15) is 0 Å². The minimum atomic E-state index is 0.0234. The van der Waals surface area contributed by atoms with E-state index in [1.54, 1.807) is 0 Å². The highest BCUT2D eigenvalue weighted by molar-refractivity contribution is 5.94. The third kappa shape index (κ3) is 2.96. The first kappa shape index (κ1) is 12.6. The van der Waals surface area contributed by atoms with Gasteiger partial charge in [-0.25, -0.2) is 5.01 Å². The molecule has 2 heterocycles. The summed E-state index contributed by atoms with van der Waals surface area (Å²) in [6, 6.07) is 6.07. The normalized spacial score (nSPS) is 19.8. The van der Waals surface area contributed by atoms with Crippen LogP contribution in [0.25, 0.3) is 0 Å². The summed E-state index contributed by atoms with van der Waals surface area (Å²) in [6.45, 7) is 3.85. The van der Waals surface area contributed by atoms with E-state index in [1.807, 2.05) is 17.1 Å². The van der Waals surface area contributed by atoms with Gasteiger partial charge < -0.3 is 5.32 Å². The van der Waals surface area contributed by atoms with Crippen LogP contribution in [0.5, 0.6) is 0 Å². The van der Waals surface area contributed by atoms with Crippen molar-refractivity contribution in [3.8, 4) is 0 Å². The summed E-state index contributed by atoms with van der Waals surface area (Å²) in [5.74, 6) is 0.0234. The van der Waals surface area contributed by atoms with Crippen molar-refractivity contribution in [2.24, 2.45) is 0 Å². The van der Waals surface area contributed by atoms with Gasteiger partial charge in [0.05, 0.1) is 0 Å². The second-order valence-electron chi connectivity index (χ2n) is 5.40. The average Bonchev–Trinajstić information content (AvgIpc) is 2.48. The fourth-order valence-corrected chi connectivity index (χ4v) is 2.84. The van der Waals surface area contributed by atoms with E-state index < -0.39 is 0 Å². The van der Waals surface area contributed by atoms with E-state index in [9.17, 15) is 4.79 Å². The number of hydrogen-bond acceptors (Lipinski definition) is 3. The highest BCUT2D eigenvalue weighted by Gasteiger charge is 2.16. The van der Waals surface area contributed by atoms with Crippen LogP contribution in [0.2, 0.25) is 0 Å². The Kier molecular flexibility index (Phi) is 3.80. The number of carbonyl (C=O) groups is 1. The fraction of sp³-hybridized carbons (Fsp3) is 0.533. The van der Waals surface area contributed by atoms with Gasteiger partial charge in [0.25, 0.3) is 5.91 Å². The molecule has 0 spiro atoms. The van der Waals surface area contributed by atoms with E-state index in [-0.39, 0.29) is 5.91 Å². The highest BCUT2D eigenvalue weighted by Crippen LogP contribution is 2.16. The maximum absolute atomic E-state index is 12.2. The van der Waals surface area contributed by atoms with Gasteiger partial charge in [-0.05, 0) is 49.1 Å². The minimum absolute atomic E-state index is 0.0234. The van der Waals surface area contributed by atoms with Crippen molar-refractivity contribution in [3.63, 3.8) is 0 Å². The van der Waals surface area contributed by atoms with E-state index in [2.05, 4.69) is 16.8 Å². The van der Waals surface area contributed by atoms with Crippen LogP contribution in [0.4, 0.5) is 0 Å². The molecular weight excluding hydrogens is 238 g/mol. The number of amides is 1. The molecule has 2 aliphatic rings. The molecule has 0 atom stereocenters. The van der Waals surface area contributed by atoms with Crippen LogP contribution in [-0.4, -0.2) is 30.6 Å². The van der Waals surface area contributed by atoms with Crippen molar-refractivity contribution in [1.82, 2.24) is 15.8 Å². The Morgan fingerprint density at radius 2 is 2.00 bits per heavy atom. The third-order valence-electron chi connectivity index (χ3n) is 3.97. The lowest BCUT2D eigenvalue weighted by atomic mass is 9.98. The molecule has 4 nitrogen and oxygen atoms in total. The Morgan fingerprint density at radius 3 is 2.84 bits per heavy atom. The van der Waals surface area contributed by atoms with Gasteiger partial charge in [-0.15, -0.1) is 0 Å². The largest absolute Gasteiger partial charge is 0.312 e. The zero-order chi connectivity index (χ0) is 13.1. The lowest BCUT2D eigenvalue weighted by Crippen LogP contribution is -2.45. The van der Waals surface area contributed by atoms with Crippen molar-refractivity contribution in [2.45, 2.75) is 32.2 Å². The Labute approximate surface area is 114 Å². The second-order valence-corrected chi connectivity index (χ2v) is 5.40. The molecule has 0 aromatic heterocycles. The lowest BCUT2D eigenvalue weighted by molar-refractivity contribution is 0.0750. The molecule has 2 N–H and O–H groups in total. The number of benzene rings is 1. The number of rotatable bonds is 2. The standard InChI is InChI=1S/C15H21N3O/c19-15(17-18-8-2-1-3-9-18)13-5-4-12-6-7-16-11-14(12)10-13/h4-5,10,16H,1-3,6-9,11H2,(H,17,19). The number of fused-ring (bicyclic) bond motifs is 1. The Hall–Kier alpha value is -1.39. The van der Waals surface area contributed by atoms with Gasteiger partial charge in [0.15, 0.2) is 0 Å². The highest BCUT2D eigenvalue weighted by atomic mass is 16.2. The Morgan fingerprint density at radius 1 is 1.16 bits per heavy atom. The molecule has 19 heavy (non-hydrogen) atoms. The minimum Gasteiger partial charge on any atom is -0.312 e. The third-order valence-corrected chi connectivity index (χ3v) is 3.97. The molecule has 1 aromatic rings. The molecule has 3 rings (SSSR count).